The highest BCUT2D eigenvalue weighted by molar-refractivity contribution is 7.99. The molecule has 9 heteroatoms. The Hall–Kier alpha value is -3.20. The number of furan rings is 1. The van der Waals surface area contributed by atoms with Gasteiger partial charge in [-0.25, -0.2) is 14.6 Å². The van der Waals surface area contributed by atoms with Crippen LogP contribution in [-0.4, -0.2) is 29.8 Å². The summed E-state index contributed by atoms with van der Waals surface area (Å²) < 4.78 is 6.75. The average Bonchev–Trinajstić information content (AvgIpc) is 3.21. The van der Waals surface area contributed by atoms with Gasteiger partial charge in [0.25, 0.3) is 0 Å². The normalized spacial score (nSPS) is 11.0. The van der Waals surface area contributed by atoms with Crippen molar-refractivity contribution in [3.63, 3.8) is 0 Å². The minimum Gasteiger partial charge on any atom is -0.469 e. The van der Waals surface area contributed by atoms with Crippen LogP contribution in [0.3, 0.4) is 0 Å². The van der Waals surface area contributed by atoms with E-state index in [0.29, 0.717) is 16.8 Å². The summed E-state index contributed by atoms with van der Waals surface area (Å²) in [5, 5.41) is 9.60. The molecule has 26 heavy (non-hydrogen) atoms. The van der Waals surface area contributed by atoms with E-state index in [4.69, 9.17) is 10.3 Å². The first kappa shape index (κ1) is 16.3. The minimum atomic E-state index is 0.524. The standard InChI is InChI=1S/C17H15N7OS/c1-10-8-14(21-15(20-10)12-4-3-6-19-9-12)26-17-23-22-16(24(17)18)13-5-7-25-11(13)2/h3-9H,18H2,1-2H3. The molecule has 0 saturated carbocycles. The fourth-order valence-corrected chi connectivity index (χ4v) is 3.27. The molecular weight excluding hydrogens is 350 g/mol. The molecular formula is C17H15N7OS. The summed E-state index contributed by atoms with van der Waals surface area (Å²) in [4.78, 5) is 13.2. The summed E-state index contributed by atoms with van der Waals surface area (Å²) >= 11 is 1.32. The fraction of sp³-hybridized carbons (Fsp3) is 0.118. The zero-order valence-electron chi connectivity index (χ0n) is 14.1. The first-order valence-corrected chi connectivity index (χ1v) is 8.62. The van der Waals surface area contributed by atoms with Crippen LogP contribution < -0.4 is 5.84 Å². The molecule has 0 amide bonds. The molecule has 0 spiro atoms. The van der Waals surface area contributed by atoms with Gasteiger partial charge in [-0.3, -0.25) is 4.98 Å². The van der Waals surface area contributed by atoms with Gasteiger partial charge in [-0.15, -0.1) is 10.2 Å². The Morgan fingerprint density at radius 2 is 2.04 bits per heavy atom. The molecule has 0 aliphatic heterocycles. The van der Waals surface area contributed by atoms with Crippen LogP contribution in [0.1, 0.15) is 11.5 Å². The number of nitrogens with zero attached hydrogens (tertiary/aromatic N) is 6. The number of aromatic nitrogens is 6. The van der Waals surface area contributed by atoms with E-state index in [2.05, 4.69) is 25.1 Å². The molecule has 0 aliphatic rings. The van der Waals surface area contributed by atoms with E-state index in [0.717, 1.165) is 27.6 Å². The molecule has 8 nitrogen and oxygen atoms in total. The van der Waals surface area contributed by atoms with E-state index in [1.54, 1.807) is 18.7 Å². The summed E-state index contributed by atoms with van der Waals surface area (Å²) in [7, 11) is 0. The predicted molar refractivity (Wildman–Crippen MR) is 96.7 cm³/mol. The largest absolute Gasteiger partial charge is 0.469 e. The van der Waals surface area contributed by atoms with Crippen molar-refractivity contribution < 1.29 is 4.42 Å². The highest BCUT2D eigenvalue weighted by Gasteiger charge is 2.17. The van der Waals surface area contributed by atoms with Gasteiger partial charge in [-0.2, -0.15) is 0 Å². The van der Waals surface area contributed by atoms with E-state index in [9.17, 15) is 0 Å². The lowest BCUT2D eigenvalue weighted by Gasteiger charge is -2.06. The molecule has 4 aromatic heterocycles. The Balaban J connectivity index is 1.67. The monoisotopic (exact) mass is 365 g/mol. The molecule has 0 aromatic carbocycles. The first-order chi connectivity index (χ1) is 12.6. The number of hydrogen-bond donors (Lipinski definition) is 1. The SMILES string of the molecule is Cc1cc(Sc2nnc(-c3ccoc3C)n2N)nc(-c2cccnc2)n1. The van der Waals surface area contributed by atoms with Gasteiger partial charge >= 0.3 is 0 Å². The lowest BCUT2D eigenvalue weighted by Crippen LogP contribution is -2.11. The topological polar surface area (TPSA) is 109 Å². The summed E-state index contributed by atoms with van der Waals surface area (Å²) in [6.45, 7) is 3.77. The number of rotatable bonds is 4. The van der Waals surface area contributed by atoms with Gasteiger partial charge in [0, 0.05) is 23.7 Å². The quantitative estimate of drug-likeness (QED) is 0.434. The van der Waals surface area contributed by atoms with Crippen molar-refractivity contribution in [3.8, 4) is 22.8 Å². The highest BCUT2D eigenvalue weighted by atomic mass is 32.2. The van der Waals surface area contributed by atoms with Crippen molar-refractivity contribution in [2.75, 3.05) is 5.84 Å². The first-order valence-electron chi connectivity index (χ1n) is 7.80. The van der Waals surface area contributed by atoms with E-state index >= 15 is 0 Å². The Morgan fingerprint density at radius 1 is 1.15 bits per heavy atom. The molecule has 4 aromatic rings. The fourth-order valence-electron chi connectivity index (χ4n) is 2.46. The summed E-state index contributed by atoms with van der Waals surface area (Å²) in [6, 6.07) is 7.46. The van der Waals surface area contributed by atoms with Crippen LogP contribution in [0.15, 0.2) is 57.5 Å². The molecule has 0 bridgehead atoms. The van der Waals surface area contributed by atoms with Crippen molar-refractivity contribution in [2.24, 2.45) is 0 Å². The molecule has 2 N–H and O–H groups in total. The third-order valence-electron chi connectivity index (χ3n) is 3.71. The minimum absolute atomic E-state index is 0.524. The zero-order valence-corrected chi connectivity index (χ0v) is 14.9. The van der Waals surface area contributed by atoms with Gasteiger partial charge in [0.15, 0.2) is 11.6 Å². The highest BCUT2D eigenvalue weighted by Crippen LogP contribution is 2.29. The van der Waals surface area contributed by atoms with Crippen molar-refractivity contribution in [2.45, 2.75) is 24.0 Å². The van der Waals surface area contributed by atoms with Crippen LogP contribution in [0.2, 0.25) is 0 Å². The van der Waals surface area contributed by atoms with Crippen LogP contribution in [0.25, 0.3) is 22.8 Å². The maximum absolute atomic E-state index is 6.17. The van der Waals surface area contributed by atoms with Gasteiger partial charge in [0.2, 0.25) is 5.16 Å². The smallest absolute Gasteiger partial charge is 0.216 e. The molecule has 130 valence electrons. The van der Waals surface area contributed by atoms with Crippen molar-refractivity contribution in [3.05, 3.63) is 54.4 Å². The van der Waals surface area contributed by atoms with Gasteiger partial charge in [0.1, 0.15) is 10.8 Å². The van der Waals surface area contributed by atoms with E-state index in [1.165, 1.54) is 16.4 Å². The maximum atomic E-state index is 6.17. The number of hydrogen-bond acceptors (Lipinski definition) is 8. The maximum Gasteiger partial charge on any atom is 0.216 e. The number of nitrogens with two attached hydrogens (primary N) is 1. The van der Waals surface area contributed by atoms with Gasteiger partial charge in [0.05, 0.1) is 11.8 Å². The molecule has 0 aliphatic carbocycles. The van der Waals surface area contributed by atoms with Crippen molar-refractivity contribution in [1.29, 1.82) is 0 Å². The third kappa shape index (κ3) is 3.04. The summed E-state index contributed by atoms with van der Waals surface area (Å²) in [5.41, 5.74) is 2.50. The van der Waals surface area contributed by atoms with Crippen molar-refractivity contribution in [1.82, 2.24) is 29.8 Å². The average molecular weight is 365 g/mol. The molecule has 0 radical (unpaired) electrons. The zero-order chi connectivity index (χ0) is 18.1. The Labute approximate surface area is 153 Å². The molecule has 0 fully saturated rings. The second-order valence-corrected chi connectivity index (χ2v) is 6.57. The molecule has 0 saturated heterocycles. The summed E-state index contributed by atoms with van der Waals surface area (Å²) in [5.74, 6) is 8.05. The molecule has 4 heterocycles. The Morgan fingerprint density at radius 3 is 2.77 bits per heavy atom. The number of nitrogen functional groups attached to an aromatic ring is 1. The van der Waals surface area contributed by atoms with Crippen LogP contribution in [-0.2, 0) is 0 Å². The second kappa shape index (κ2) is 6.60. The molecule has 0 atom stereocenters. The molecule has 0 unspecified atom stereocenters. The second-order valence-electron chi connectivity index (χ2n) is 5.58. The lowest BCUT2D eigenvalue weighted by atomic mass is 10.2. The van der Waals surface area contributed by atoms with Crippen LogP contribution in [0.4, 0.5) is 0 Å². The van der Waals surface area contributed by atoms with Crippen LogP contribution in [0, 0.1) is 13.8 Å². The van der Waals surface area contributed by atoms with Crippen LogP contribution >= 0.6 is 11.8 Å². The lowest BCUT2D eigenvalue weighted by molar-refractivity contribution is 0.535. The van der Waals surface area contributed by atoms with Gasteiger partial charge < -0.3 is 10.3 Å². The summed E-state index contributed by atoms with van der Waals surface area (Å²) in [6.07, 6.45) is 5.04. The Bertz CT molecular complexity index is 1060. The number of aryl methyl sites for hydroxylation is 2. The Kier molecular flexibility index (Phi) is 4.13. The van der Waals surface area contributed by atoms with Gasteiger partial charge in [-0.1, -0.05) is 0 Å². The number of pyridine rings is 1. The third-order valence-corrected chi connectivity index (χ3v) is 4.59. The van der Waals surface area contributed by atoms with E-state index < -0.39 is 0 Å². The predicted octanol–water partition coefficient (Wildman–Crippen LogP) is 2.87. The van der Waals surface area contributed by atoms with E-state index in [1.807, 2.05) is 38.1 Å². The van der Waals surface area contributed by atoms with E-state index in [-0.39, 0.29) is 0 Å². The van der Waals surface area contributed by atoms with Crippen molar-refractivity contribution >= 4 is 11.8 Å². The van der Waals surface area contributed by atoms with Gasteiger partial charge in [-0.05, 0) is 49.9 Å². The van der Waals surface area contributed by atoms with Crippen LogP contribution in [0.5, 0.6) is 0 Å². The molecule has 4 rings (SSSR count).